The van der Waals surface area contributed by atoms with Crippen LogP contribution < -0.4 is 11.1 Å². The summed E-state index contributed by atoms with van der Waals surface area (Å²) in [4.78, 5) is 0. The average Bonchev–Trinajstić information content (AvgIpc) is 1.65. The van der Waals surface area contributed by atoms with Gasteiger partial charge in [-0.2, -0.15) is 0 Å². The third-order valence-corrected chi connectivity index (χ3v) is 2.02. The second kappa shape index (κ2) is 4.52. The summed E-state index contributed by atoms with van der Waals surface area (Å²) >= 11 is 2.33. The number of nitrogens with one attached hydrogen (secondary N) is 1. The lowest BCUT2D eigenvalue weighted by Gasteiger charge is -2.09. The highest BCUT2D eigenvalue weighted by molar-refractivity contribution is 14.1. The lowest BCUT2D eigenvalue weighted by Crippen LogP contribution is -2.27. The molecule has 3 N–H and O–H groups in total. The molecule has 3 heteroatoms. The summed E-state index contributed by atoms with van der Waals surface area (Å²) in [6.45, 7) is 2.02. The second-order valence-electron chi connectivity index (χ2n) is 1.97. The van der Waals surface area contributed by atoms with Crippen molar-refractivity contribution in [2.75, 3.05) is 7.05 Å². The van der Waals surface area contributed by atoms with Crippen molar-refractivity contribution in [1.82, 2.24) is 5.32 Å². The predicted molar refractivity (Wildman–Crippen MR) is 45.1 cm³/mol. The van der Waals surface area contributed by atoms with Gasteiger partial charge in [0, 0.05) is 6.04 Å². The molecule has 50 valence electrons. The van der Waals surface area contributed by atoms with Crippen LogP contribution in [0.1, 0.15) is 13.3 Å². The molecule has 0 bridgehead atoms. The van der Waals surface area contributed by atoms with Crippen LogP contribution in [-0.2, 0) is 0 Å². The molecule has 0 saturated heterocycles. The molecule has 2 atom stereocenters. The summed E-state index contributed by atoms with van der Waals surface area (Å²) < 4.78 is 0.521. The Bertz CT molecular complexity index is 56.4. The Hall–Kier alpha value is 0.650. The molecule has 2 unspecified atom stereocenters. The van der Waals surface area contributed by atoms with E-state index in [1.165, 1.54) is 0 Å². The van der Waals surface area contributed by atoms with E-state index in [1.54, 1.807) is 0 Å². The number of halogens is 1. The number of hydrogen-bond acceptors (Lipinski definition) is 2. The first-order chi connectivity index (χ1) is 3.66. The summed E-state index contributed by atoms with van der Waals surface area (Å²) in [5, 5.41) is 3.10. The first kappa shape index (κ1) is 8.65. The van der Waals surface area contributed by atoms with Gasteiger partial charge in [0.05, 0.1) is 4.05 Å². The summed E-state index contributed by atoms with van der Waals surface area (Å²) in [5.74, 6) is 0. The maximum atomic E-state index is 5.52. The van der Waals surface area contributed by atoms with E-state index in [2.05, 4.69) is 27.9 Å². The van der Waals surface area contributed by atoms with Crippen LogP contribution >= 0.6 is 22.6 Å². The van der Waals surface area contributed by atoms with E-state index in [-0.39, 0.29) is 0 Å². The summed E-state index contributed by atoms with van der Waals surface area (Å²) in [7, 11) is 1.94. The molecular formula is C5H13IN2. The molecule has 0 aliphatic carbocycles. The smallest absolute Gasteiger partial charge is 0.0605 e. The van der Waals surface area contributed by atoms with Crippen molar-refractivity contribution in [2.45, 2.75) is 23.4 Å². The van der Waals surface area contributed by atoms with Crippen LogP contribution in [-0.4, -0.2) is 17.1 Å². The Morgan fingerprint density at radius 1 is 1.75 bits per heavy atom. The van der Waals surface area contributed by atoms with Gasteiger partial charge < -0.3 is 11.1 Å². The zero-order valence-corrected chi connectivity index (χ0v) is 7.47. The molecule has 0 amide bonds. The Balaban J connectivity index is 3.10. The first-order valence-corrected chi connectivity index (χ1v) is 3.98. The molecule has 0 aromatic heterocycles. The Kier molecular flexibility index (Phi) is 4.89. The molecule has 2 nitrogen and oxygen atoms in total. The van der Waals surface area contributed by atoms with Crippen molar-refractivity contribution in [3.05, 3.63) is 0 Å². The minimum atomic E-state index is 0.310. The molecule has 8 heavy (non-hydrogen) atoms. The molecule has 0 rings (SSSR count). The van der Waals surface area contributed by atoms with Gasteiger partial charge in [0.1, 0.15) is 0 Å². The predicted octanol–water partition coefficient (Wildman–Crippen LogP) is 0.704. The van der Waals surface area contributed by atoms with Crippen LogP contribution in [0.4, 0.5) is 0 Å². The lowest BCUT2D eigenvalue weighted by molar-refractivity contribution is 0.611. The summed E-state index contributed by atoms with van der Waals surface area (Å²) in [5.41, 5.74) is 5.52. The van der Waals surface area contributed by atoms with E-state index in [4.69, 9.17) is 5.73 Å². The highest BCUT2D eigenvalue weighted by Crippen LogP contribution is 2.01. The Morgan fingerprint density at radius 3 is 2.38 bits per heavy atom. The van der Waals surface area contributed by atoms with Crippen LogP contribution in [0.5, 0.6) is 0 Å². The van der Waals surface area contributed by atoms with Gasteiger partial charge in [-0.1, -0.05) is 22.6 Å². The fourth-order valence-electron chi connectivity index (χ4n) is 0.444. The molecular weight excluding hydrogens is 215 g/mol. The van der Waals surface area contributed by atoms with E-state index < -0.39 is 0 Å². The molecule has 0 heterocycles. The average molecular weight is 228 g/mol. The largest absolute Gasteiger partial charge is 0.328 e. The second-order valence-corrected chi connectivity index (χ2v) is 3.47. The van der Waals surface area contributed by atoms with Crippen molar-refractivity contribution in [2.24, 2.45) is 5.73 Å². The van der Waals surface area contributed by atoms with Crippen molar-refractivity contribution in [3.63, 3.8) is 0 Å². The SMILES string of the molecule is CNC(I)CC(C)N. The molecule has 0 radical (unpaired) electrons. The molecule has 0 saturated carbocycles. The summed E-state index contributed by atoms with van der Waals surface area (Å²) in [6.07, 6.45) is 1.04. The van der Waals surface area contributed by atoms with Gasteiger partial charge in [-0.05, 0) is 20.4 Å². The van der Waals surface area contributed by atoms with Crippen LogP contribution in [0, 0.1) is 0 Å². The molecule has 0 aromatic carbocycles. The fourth-order valence-corrected chi connectivity index (χ4v) is 1.25. The molecule has 0 aliphatic rings. The van der Waals surface area contributed by atoms with E-state index in [1.807, 2.05) is 14.0 Å². The van der Waals surface area contributed by atoms with Crippen molar-refractivity contribution < 1.29 is 0 Å². The molecule has 0 aromatic rings. The van der Waals surface area contributed by atoms with Gasteiger partial charge in [0.2, 0.25) is 0 Å². The topological polar surface area (TPSA) is 38.0 Å². The standard InChI is InChI=1S/C5H13IN2/c1-4(7)3-5(6)8-2/h4-5,8H,3,7H2,1-2H3. The first-order valence-electron chi connectivity index (χ1n) is 2.73. The van der Waals surface area contributed by atoms with E-state index in [0.29, 0.717) is 10.1 Å². The van der Waals surface area contributed by atoms with Crippen molar-refractivity contribution in [3.8, 4) is 0 Å². The fraction of sp³-hybridized carbons (Fsp3) is 1.00. The third-order valence-electron chi connectivity index (χ3n) is 0.892. The van der Waals surface area contributed by atoms with Crippen LogP contribution in [0.15, 0.2) is 0 Å². The maximum absolute atomic E-state index is 5.52. The monoisotopic (exact) mass is 228 g/mol. The number of hydrogen-bond donors (Lipinski definition) is 2. The minimum absolute atomic E-state index is 0.310. The van der Waals surface area contributed by atoms with Gasteiger partial charge in [0.25, 0.3) is 0 Å². The zero-order valence-electron chi connectivity index (χ0n) is 5.32. The zero-order chi connectivity index (χ0) is 6.57. The number of alkyl halides is 1. The number of rotatable bonds is 3. The minimum Gasteiger partial charge on any atom is -0.328 e. The maximum Gasteiger partial charge on any atom is 0.0605 e. The van der Waals surface area contributed by atoms with Crippen molar-refractivity contribution in [1.29, 1.82) is 0 Å². The quantitative estimate of drug-likeness (QED) is 0.424. The highest BCUT2D eigenvalue weighted by Gasteiger charge is 2.01. The van der Waals surface area contributed by atoms with E-state index in [0.717, 1.165) is 6.42 Å². The molecule has 0 spiro atoms. The van der Waals surface area contributed by atoms with Crippen LogP contribution in [0.2, 0.25) is 0 Å². The van der Waals surface area contributed by atoms with E-state index >= 15 is 0 Å². The normalized spacial score (nSPS) is 18.0. The van der Waals surface area contributed by atoms with Gasteiger partial charge in [0.15, 0.2) is 0 Å². The Morgan fingerprint density at radius 2 is 2.25 bits per heavy atom. The molecule has 0 aliphatic heterocycles. The van der Waals surface area contributed by atoms with Gasteiger partial charge >= 0.3 is 0 Å². The van der Waals surface area contributed by atoms with Gasteiger partial charge in [-0.15, -0.1) is 0 Å². The van der Waals surface area contributed by atoms with Crippen LogP contribution in [0.25, 0.3) is 0 Å². The highest BCUT2D eigenvalue weighted by atomic mass is 127. The summed E-state index contributed by atoms with van der Waals surface area (Å²) in [6, 6.07) is 0.310. The van der Waals surface area contributed by atoms with E-state index in [9.17, 15) is 0 Å². The van der Waals surface area contributed by atoms with Gasteiger partial charge in [-0.3, -0.25) is 0 Å². The third kappa shape index (κ3) is 4.80. The van der Waals surface area contributed by atoms with Gasteiger partial charge in [-0.25, -0.2) is 0 Å². The molecule has 0 fully saturated rings. The lowest BCUT2D eigenvalue weighted by atomic mass is 10.2. The van der Waals surface area contributed by atoms with Crippen molar-refractivity contribution >= 4 is 22.6 Å². The van der Waals surface area contributed by atoms with Crippen LogP contribution in [0.3, 0.4) is 0 Å². The number of nitrogens with two attached hydrogens (primary N) is 1. The Labute approximate surface area is 64.4 Å².